The minimum atomic E-state index is -0.579. The van der Waals surface area contributed by atoms with Gasteiger partial charge in [-0.3, -0.25) is 0 Å². The summed E-state index contributed by atoms with van der Waals surface area (Å²) in [6.07, 6.45) is 1.33. The molecule has 0 heterocycles. The van der Waals surface area contributed by atoms with E-state index in [0.717, 1.165) is 11.6 Å². The second-order valence-corrected chi connectivity index (χ2v) is 9.29. The van der Waals surface area contributed by atoms with Gasteiger partial charge in [0, 0.05) is 27.3 Å². The molecule has 0 aromatic rings. The first-order chi connectivity index (χ1) is 4.39. The third kappa shape index (κ3) is 3.01. The summed E-state index contributed by atoms with van der Waals surface area (Å²) in [6.45, 7) is 14.4. The number of rotatable bonds is 3. The molecule has 2 unspecified atom stereocenters. The van der Waals surface area contributed by atoms with Gasteiger partial charge >= 0.3 is 0 Å². The highest BCUT2D eigenvalue weighted by Gasteiger charge is 2.30. The van der Waals surface area contributed by atoms with Crippen LogP contribution >= 0.6 is 7.26 Å². The van der Waals surface area contributed by atoms with Crippen LogP contribution in [0.25, 0.3) is 0 Å². The zero-order valence-electron chi connectivity index (χ0n) is 8.31. The van der Waals surface area contributed by atoms with Crippen LogP contribution in [-0.4, -0.2) is 25.7 Å². The predicted octanol–water partition coefficient (Wildman–Crippen LogP) is 3.33. The van der Waals surface area contributed by atoms with Gasteiger partial charge in [-0.25, -0.2) is 0 Å². The van der Waals surface area contributed by atoms with Gasteiger partial charge in [0.25, 0.3) is 0 Å². The van der Waals surface area contributed by atoms with E-state index < -0.39 is 7.26 Å². The van der Waals surface area contributed by atoms with Crippen LogP contribution < -0.4 is 0 Å². The topological polar surface area (TPSA) is 0 Å². The average Bonchev–Trinajstić information content (AvgIpc) is 1.83. The fourth-order valence-corrected chi connectivity index (χ4v) is 2.84. The van der Waals surface area contributed by atoms with E-state index in [0.29, 0.717) is 0 Å². The molecule has 2 atom stereocenters. The lowest BCUT2D eigenvalue weighted by Gasteiger charge is -2.25. The Labute approximate surface area is 66.7 Å². The van der Waals surface area contributed by atoms with E-state index in [9.17, 15) is 0 Å². The minimum absolute atomic E-state index is 0.579. The van der Waals surface area contributed by atoms with E-state index in [1.807, 2.05) is 0 Å². The normalized spacial score (nSPS) is 18.6. The Hall–Kier alpha value is 0.430. The van der Waals surface area contributed by atoms with Crippen LogP contribution in [0, 0.1) is 5.92 Å². The van der Waals surface area contributed by atoms with E-state index in [4.69, 9.17) is 0 Å². The third-order valence-corrected chi connectivity index (χ3v) is 5.64. The van der Waals surface area contributed by atoms with E-state index in [1.165, 1.54) is 6.42 Å². The summed E-state index contributed by atoms with van der Waals surface area (Å²) in [5.74, 6) is 0.910. The van der Waals surface area contributed by atoms with Crippen molar-refractivity contribution < 1.29 is 0 Å². The Kier molecular flexibility index (Phi) is 3.88. The molecule has 0 fully saturated rings. The highest BCUT2D eigenvalue weighted by atomic mass is 31.2. The van der Waals surface area contributed by atoms with Gasteiger partial charge in [-0.15, -0.1) is 0 Å². The van der Waals surface area contributed by atoms with E-state index in [2.05, 4.69) is 40.8 Å². The summed E-state index contributed by atoms with van der Waals surface area (Å²) in [5, 5.41) is 0. The van der Waals surface area contributed by atoms with Crippen LogP contribution in [0.1, 0.15) is 27.2 Å². The van der Waals surface area contributed by atoms with Gasteiger partial charge in [0.2, 0.25) is 0 Å². The van der Waals surface area contributed by atoms with Crippen LogP contribution in [-0.2, 0) is 0 Å². The summed E-state index contributed by atoms with van der Waals surface area (Å²) in [5.41, 5.74) is 0.942. The Bertz CT molecular complexity index is 91.4. The highest BCUT2D eigenvalue weighted by molar-refractivity contribution is 7.74. The van der Waals surface area contributed by atoms with Crippen molar-refractivity contribution in [3.8, 4) is 0 Å². The fourth-order valence-electron chi connectivity index (χ4n) is 1.10. The second-order valence-electron chi connectivity index (χ2n) is 4.24. The molecule has 0 radical (unpaired) electrons. The maximum Gasteiger partial charge on any atom is 0.0686 e. The molecule has 0 aliphatic rings. The molecule has 0 saturated heterocycles. The van der Waals surface area contributed by atoms with Crippen LogP contribution in [0.5, 0.6) is 0 Å². The molecule has 0 aliphatic carbocycles. The molecule has 1 heteroatoms. The summed E-state index contributed by atoms with van der Waals surface area (Å²) in [4.78, 5) is 0. The maximum absolute atomic E-state index is 2.43. The van der Waals surface area contributed by atoms with Crippen molar-refractivity contribution in [3.05, 3.63) is 0 Å². The van der Waals surface area contributed by atoms with Crippen molar-refractivity contribution in [1.29, 1.82) is 0 Å². The maximum atomic E-state index is 2.43. The first-order valence-electron chi connectivity index (χ1n) is 4.20. The molecule has 0 N–H and O–H groups in total. The lowest BCUT2D eigenvalue weighted by Crippen LogP contribution is -2.16. The summed E-state index contributed by atoms with van der Waals surface area (Å²) in [6, 6.07) is 0. The Balaban J connectivity index is 3.94. The smallest absolute Gasteiger partial charge is 0.0650 e. The molecule has 0 amide bonds. The van der Waals surface area contributed by atoms with Crippen LogP contribution in [0.4, 0.5) is 0 Å². The summed E-state index contributed by atoms with van der Waals surface area (Å²) in [7, 11) is -0.579. The van der Waals surface area contributed by atoms with Gasteiger partial charge in [0.15, 0.2) is 0 Å². The molecule has 0 aromatic carbocycles. The molecule has 0 aromatic heterocycles. The number of hydrogen-bond donors (Lipinski definition) is 0. The molecule has 0 saturated carbocycles. The highest BCUT2D eigenvalue weighted by Crippen LogP contribution is 2.54. The predicted molar refractivity (Wildman–Crippen MR) is 53.6 cm³/mol. The van der Waals surface area contributed by atoms with E-state index >= 15 is 0 Å². The lowest BCUT2D eigenvalue weighted by atomic mass is 10.1. The van der Waals surface area contributed by atoms with Gasteiger partial charge in [0.1, 0.15) is 0 Å². The minimum Gasteiger partial charge on any atom is -0.0650 e. The molecule has 10 heavy (non-hydrogen) atoms. The summed E-state index contributed by atoms with van der Waals surface area (Å²) < 4.78 is 0. The van der Waals surface area contributed by atoms with Crippen LogP contribution in [0.3, 0.4) is 0 Å². The fraction of sp³-hybridized carbons (Fsp3) is 1.00. The molecule has 0 nitrogen and oxygen atoms in total. The molecular weight excluding hydrogens is 139 g/mol. The first kappa shape index (κ1) is 10.4. The largest absolute Gasteiger partial charge is 0.0686 e. The van der Waals surface area contributed by atoms with Gasteiger partial charge in [-0.05, 0) is 19.3 Å². The zero-order chi connectivity index (χ0) is 8.36. The summed E-state index contributed by atoms with van der Waals surface area (Å²) >= 11 is 0. The first-order valence-corrected chi connectivity index (χ1v) is 7.40. The number of hydrogen-bond acceptors (Lipinski definition) is 0. The average molecular weight is 161 g/mol. The molecule has 0 rings (SSSR count). The zero-order valence-corrected chi connectivity index (χ0v) is 9.20. The quantitative estimate of drug-likeness (QED) is 0.557. The molecule has 62 valence electrons. The van der Waals surface area contributed by atoms with Crippen molar-refractivity contribution in [2.24, 2.45) is 5.92 Å². The van der Waals surface area contributed by atoms with Gasteiger partial charge in [-0.1, -0.05) is 13.8 Å². The SMILES string of the molecule is CCC(C)C(C)[P+](C)(C)C. The van der Waals surface area contributed by atoms with E-state index in [-0.39, 0.29) is 0 Å². The molecule has 0 spiro atoms. The van der Waals surface area contributed by atoms with Gasteiger partial charge < -0.3 is 0 Å². The van der Waals surface area contributed by atoms with Crippen molar-refractivity contribution in [2.45, 2.75) is 32.9 Å². The molecular formula is C9H22P+. The monoisotopic (exact) mass is 161 g/mol. The van der Waals surface area contributed by atoms with Crippen LogP contribution in [0.2, 0.25) is 0 Å². The van der Waals surface area contributed by atoms with Crippen molar-refractivity contribution >= 4 is 7.26 Å². The van der Waals surface area contributed by atoms with Crippen molar-refractivity contribution in [2.75, 3.05) is 20.0 Å². The molecule has 0 aliphatic heterocycles. The molecule has 0 bridgehead atoms. The lowest BCUT2D eigenvalue weighted by molar-refractivity contribution is 0.550. The van der Waals surface area contributed by atoms with Crippen molar-refractivity contribution in [3.63, 3.8) is 0 Å². The Morgan fingerprint density at radius 1 is 1.10 bits per heavy atom. The van der Waals surface area contributed by atoms with E-state index in [1.54, 1.807) is 0 Å². The Morgan fingerprint density at radius 3 is 1.60 bits per heavy atom. The van der Waals surface area contributed by atoms with Crippen LogP contribution in [0.15, 0.2) is 0 Å². The van der Waals surface area contributed by atoms with Gasteiger partial charge in [0.05, 0.1) is 5.66 Å². The standard InChI is InChI=1S/C9H22P/c1-7-8(2)9(3)10(4,5)6/h8-9H,7H2,1-6H3/q+1. The Morgan fingerprint density at radius 2 is 1.50 bits per heavy atom. The van der Waals surface area contributed by atoms with Crippen molar-refractivity contribution in [1.82, 2.24) is 0 Å². The van der Waals surface area contributed by atoms with Gasteiger partial charge in [-0.2, -0.15) is 0 Å². The third-order valence-electron chi connectivity index (χ3n) is 2.69. The second kappa shape index (κ2) is 3.72.